The van der Waals surface area contributed by atoms with Crippen molar-refractivity contribution in [1.82, 2.24) is 10.2 Å². The van der Waals surface area contributed by atoms with Gasteiger partial charge in [0.25, 0.3) is 0 Å². The highest BCUT2D eigenvalue weighted by molar-refractivity contribution is 5.33. The Kier molecular flexibility index (Phi) is 3.42. The maximum atomic E-state index is 3.57. The van der Waals surface area contributed by atoms with Gasteiger partial charge in [0.15, 0.2) is 0 Å². The molecule has 0 aromatic heterocycles. The van der Waals surface area contributed by atoms with Crippen molar-refractivity contribution in [3.05, 3.63) is 34.9 Å². The molecule has 0 aliphatic carbocycles. The number of likely N-dealkylation sites (tertiary alicyclic amines) is 1. The highest BCUT2D eigenvalue weighted by Gasteiger charge is 2.50. The zero-order valence-corrected chi connectivity index (χ0v) is 13.5. The Morgan fingerprint density at radius 1 is 1.25 bits per heavy atom. The third kappa shape index (κ3) is 2.10. The molecule has 3 atom stereocenters. The smallest absolute Gasteiger partial charge is 0.0328 e. The molecule has 3 unspecified atom stereocenters. The van der Waals surface area contributed by atoms with Gasteiger partial charge in [-0.15, -0.1) is 0 Å². The Balaban J connectivity index is 1.91. The molecular formula is C18H28N2. The van der Waals surface area contributed by atoms with Crippen molar-refractivity contribution in [2.75, 3.05) is 19.6 Å². The molecule has 2 aliphatic rings. The summed E-state index contributed by atoms with van der Waals surface area (Å²) in [4.78, 5) is 2.74. The second-order valence-corrected chi connectivity index (χ2v) is 7.37. The van der Waals surface area contributed by atoms with Crippen LogP contribution in [0.1, 0.15) is 43.5 Å². The van der Waals surface area contributed by atoms with E-state index in [9.17, 15) is 0 Å². The summed E-state index contributed by atoms with van der Waals surface area (Å²) in [5.74, 6) is 1.63. The van der Waals surface area contributed by atoms with Crippen molar-refractivity contribution in [2.45, 2.75) is 46.2 Å². The number of aryl methyl sites for hydroxylation is 2. The fourth-order valence-electron chi connectivity index (χ4n) is 4.49. The lowest BCUT2D eigenvalue weighted by Crippen LogP contribution is -2.45. The van der Waals surface area contributed by atoms with Gasteiger partial charge < -0.3 is 5.32 Å². The molecule has 0 saturated carbocycles. The van der Waals surface area contributed by atoms with E-state index in [0.717, 1.165) is 11.8 Å². The molecular weight excluding hydrogens is 244 g/mol. The molecule has 110 valence electrons. The Hall–Kier alpha value is -0.860. The molecule has 0 spiro atoms. The van der Waals surface area contributed by atoms with Crippen LogP contribution in [0.4, 0.5) is 0 Å². The van der Waals surface area contributed by atoms with E-state index in [0.29, 0.717) is 11.6 Å². The number of fused-ring (bicyclic) bond motifs is 1. The van der Waals surface area contributed by atoms with E-state index in [2.05, 4.69) is 63.0 Å². The minimum Gasteiger partial charge on any atom is -0.316 e. The molecule has 3 rings (SSSR count). The summed E-state index contributed by atoms with van der Waals surface area (Å²) in [5, 5.41) is 3.57. The number of hydrogen-bond donors (Lipinski definition) is 1. The Bertz CT molecular complexity index is 506. The molecule has 0 bridgehead atoms. The first-order valence-corrected chi connectivity index (χ1v) is 7.96. The van der Waals surface area contributed by atoms with Crippen molar-refractivity contribution >= 4 is 0 Å². The van der Waals surface area contributed by atoms with Gasteiger partial charge in [0.1, 0.15) is 0 Å². The van der Waals surface area contributed by atoms with Crippen molar-refractivity contribution < 1.29 is 0 Å². The summed E-state index contributed by atoms with van der Waals surface area (Å²) >= 11 is 0. The largest absolute Gasteiger partial charge is 0.316 e. The van der Waals surface area contributed by atoms with Gasteiger partial charge in [0, 0.05) is 24.7 Å². The molecule has 2 aliphatic heterocycles. The average molecular weight is 272 g/mol. The molecule has 20 heavy (non-hydrogen) atoms. The van der Waals surface area contributed by atoms with Crippen LogP contribution in [0.25, 0.3) is 0 Å². The predicted octanol–water partition coefficient (Wildman–Crippen LogP) is 3.29. The third-order valence-corrected chi connectivity index (χ3v) is 5.77. The fourth-order valence-corrected chi connectivity index (χ4v) is 4.49. The van der Waals surface area contributed by atoms with Crippen molar-refractivity contribution in [3.63, 3.8) is 0 Å². The van der Waals surface area contributed by atoms with Gasteiger partial charge in [-0.2, -0.15) is 0 Å². The van der Waals surface area contributed by atoms with Crippen molar-refractivity contribution in [2.24, 2.45) is 11.8 Å². The lowest BCUT2D eigenvalue weighted by Gasteiger charge is -2.40. The van der Waals surface area contributed by atoms with Crippen LogP contribution >= 0.6 is 0 Å². The molecule has 2 heteroatoms. The van der Waals surface area contributed by atoms with Crippen LogP contribution in [-0.2, 0) is 0 Å². The molecule has 2 fully saturated rings. The quantitative estimate of drug-likeness (QED) is 0.888. The van der Waals surface area contributed by atoms with Crippen LogP contribution in [-0.4, -0.2) is 30.1 Å². The lowest BCUT2D eigenvalue weighted by atomic mass is 9.84. The Morgan fingerprint density at radius 3 is 2.70 bits per heavy atom. The SMILES string of the molecule is Cc1ccc(C)c(C(C)N2CC3CNCC3C2(C)C)c1. The van der Waals surface area contributed by atoms with E-state index in [1.54, 1.807) is 0 Å². The van der Waals surface area contributed by atoms with E-state index in [1.807, 2.05) is 0 Å². The average Bonchev–Trinajstić information content (AvgIpc) is 2.94. The van der Waals surface area contributed by atoms with Crippen molar-refractivity contribution in [3.8, 4) is 0 Å². The molecule has 2 nitrogen and oxygen atoms in total. The number of nitrogens with one attached hydrogen (secondary N) is 1. The maximum absolute atomic E-state index is 3.57. The highest BCUT2D eigenvalue weighted by Crippen LogP contribution is 2.45. The Morgan fingerprint density at radius 2 is 2.00 bits per heavy atom. The van der Waals surface area contributed by atoms with Gasteiger partial charge in [-0.3, -0.25) is 4.90 Å². The number of rotatable bonds is 2. The normalized spacial score (nSPS) is 30.4. The predicted molar refractivity (Wildman–Crippen MR) is 85.0 cm³/mol. The van der Waals surface area contributed by atoms with Gasteiger partial charge in [-0.05, 0) is 64.1 Å². The Labute approximate surface area is 123 Å². The molecule has 1 aromatic carbocycles. The van der Waals surface area contributed by atoms with Crippen LogP contribution in [0.2, 0.25) is 0 Å². The summed E-state index contributed by atoms with van der Waals surface area (Å²) < 4.78 is 0. The van der Waals surface area contributed by atoms with Crippen LogP contribution in [0.3, 0.4) is 0 Å². The lowest BCUT2D eigenvalue weighted by molar-refractivity contribution is 0.0967. The molecule has 0 radical (unpaired) electrons. The summed E-state index contributed by atoms with van der Waals surface area (Å²) in [6.45, 7) is 15.3. The molecule has 2 saturated heterocycles. The van der Waals surface area contributed by atoms with Gasteiger partial charge >= 0.3 is 0 Å². The first kappa shape index (κ1) is 14.1. The number of hydrogen-bond acceptors (Lipinski definition) is 2. The monoisotopic (exact) mass is 272 g/mol. The third-order valence-electron chi connectivity index (χ3n) is 5.77. The summed E-state index contributed by atoms with van der Waals surface area (Å²) in [6, 6.07) is 7.38. The van der Waals surface area contributed by atoms with Crippen LogP contribution in [0.15, 0.2) is 18.2 Å². The summed E-state index contributed by atoms with van der Waals surface area (Å²) in [7, 11) is 0. The number of nitrogens with zero attached hydrogens (tertiary/aromatic N) is 1. The van der Waals surface area contributed by atoms with Gasteiger partial charge in [0.05, 0.1) is 0 Å². The molecule has 2 heterocycles. The van der Waals surface area contributed by atoms with E-state index in [4.69, 9.17) is 0 Å². The van der Waals surface area contributed by atoms with Gasteiger partial charge in [-0.25, -0.2) is 0 Å². The van der Waals surface area contributed by atoms with E-state index < -0.39 is 0 Å². The second kappa shape index (κ2) is 4.85. The maximum Gasteiger partial charge on any atom is 0.0328 e. The van der Waals surface area contributed by atoms with Gasteiger partial charge in [-0.1, -0.05) is 23.8 Å². The minimum atomic E-state index is 0.295. The summed E-state index contributed by atoms with van der Waals surface area (Å²) in [5.41, 5.74) is 4.60. The first-order chi connectivity index (χ1) is 9.41. The standard InChI is InChI=1S/C18H28N2/c1-12-6-7-13(2)16(8-12)14(3)20-11-15-9-19-10-17(15)18(20,4)5/h6-8,14-15,17,19H,9-11H2,1-5H3. The minimum absolute atomic E-state index is 0.295. The first-order valence-electron chi connectivity index (χ1n) is 7.96. The van der Waals surface area contributed by atoms with E-state index >= 15 is 0 Å². The fraction of sp³-hybridized carbons (Fsp3) is 0.667. The zero-order valence-electron chi connectivity index (χ0n) is 13.5. The molecule has 1 aromatic rings. The van der Waals surface area contributed by atoms with E-state index in [-0.39, 0.29) is 0 Å². The van der Waals surface area contributed by atoms with Gasteiger partial charge in [0.2, 0.25) is 0 Å². The highest BCUT2D eigenvalue weighted by atomic mass is 15.3. The molecule has 0 amide bonds. The van der Waals surface area contributed by atoms with Crippen LogP contribution in [0, 0.1) is 25.7 Å². The van der Waals surface area contributed by atoms with E-state index in [1.165, 1.54) is 36.3 Å². The van der Waals surface area contributed by atoms with Crippen molar-refractivity contribution in [1.29, 1.82) is 0 Å². The summed E-state index contributed by atoms with van der Waals surface area (Å²) in [6.07, 6.45) is 0. The van der Waals surface area contributed by atoms with Crippen LogP contribution in [0.5, 0.6) is 0 Å². The zero-order chi connectivity index (χ0) is 14.5. The second-order valence-electron chi connectivity index (χ2n) is 7.37. The topological polar surface area (TPSA) is 15.3 Å². The van der Waals surface area contributed by atoms with Crippen LogP contribution < -0.4 is 5.32 Å². The molecule has 1 N–H and O–H groups in total. The number of benzene rings is 1.